The van der Waals surface area contributed by atoms with Crippen molar-refractivity contribution in [2.45, 2.75) is 44.1 Å². The fourth-order valence-electron chi connectivity index (χ4n) is 4.17. The summed E-state index contributed by atoms with van der Waals surface area (Å²) in [4.78, 5) is 16.6. The van der Waals surface area contributed by atoms with Crippen LogP contribution in [0.1, 0.15) is 29.8 Å². The first kappa shape index (κ1) is 26.4. The number of unbranched alkanes of at least 4 members (excludes halogenated alkanes) is 1. The summed E-state index contributed by atoms with van der Waals surface area (Å²) in [7, 11) is 0. The maximum Gasteiger partial charge on any atom is 0.320 e. The fraction of sp³-hybridized carbons (Fsp3) is 0.385. The van der Waals surface area contributed by atoms with E-state index in [0.29, 0.717) is 44.9 Å². The number of hydrogen-bond acceptors (Lipinski definition) is 6. The number of rotatable bonds is 13. The van der Waals surface area contributed by atoms with Crippen molar-refractivity contribution < 1.29 is 23.4 Å². The van der Waals surface area contributed by atoms with Gasteiger partial charge in [-0.1, -0.05) is 72.8 Å². The molecule has 0 radical (unpaired) electrons. The Labute approximate surface area is 213 Å². The Morgan fingerprint density at radius 2 is 1.86 bits per heavy atom. The van der Waals surface area contributed by atoms with Crippen LogP contribution in [0.2, 0.25) is 0 Å². The number of hydrogen-bond donors (Lipinski definition) is 2. The van der Waals surface area contributed by atoms with Gasteiger partial charge in [0.1, 0.15) is 12.7 Å². The van der Waals surface area contributed by atoms with Crippen molar-refractivity contribution in [3.05, 3.63) is 89.8 Å². The van der Waals surface area contributed by atoms with Gasteiger partial charge in [0.15, 0.2) is 5.82 Å². The number of aliphatic hydroxyl groups is 1. The topological polar surface area (TPSA) is 107 Å². The van der Waals surface area contributed by atoms with Crippen molar-refractivity contribution in [2.75, 3.05) is 19.7 Å². The molecule has 11 heteroatoms. The maximum atomic E-state index is 14.8. The summed E-state index contributed by atoms with van der Waals surface area (Å²) in [5.74, 6) is -2.92. The molecule has 196 valence electrons. The third kappa shape index (κ3) is 6.95. The molecule has 1 saturated heterocycles. The van der Waals surface area contributed by atoms with Gasteiger partial charge in [-0.05, 0) is 28.8 Å². The number of aromatic amines is 1. The van der Waals surface area contributed by atoms with Gasteiger partial charge in [0.2, 0.25) is 0 Å². The number of ether oxygens (including phenoxy) is 1. The number of aliphatic hydroxyl groups excluding tert-OH is 1. The number of nitrogens with zero attached hydrogens (tertiary/aromatic N) is 5. The number of alkyl halides is 2. The third-order valence-electron chi connectivity index (χ3n) is 6.15. The number of carbonyl (C=O) groups excluding carboxylic acids is 1. The lowest BCUT2D eigenvalue weighted by atomic mass is 10.0. The predicted molar refractivity (Wildman–Crippen MR) is 131 cm³/mol. The molecular formula is C26H30F2N6O3. The van der Waals surface area contributed by atoms with E-state index in [1.54, 1.807) is 15.9 Å². The first-order valence-electron chi connectivity index (χ1n) is 12.1. The number of tetrazole rings is 1. The molecule has 37 heavy (non-hydrogen) atoms. The normalized spacial score (nSPS) is 17.2. The Hall–Kier alpha value is -3.70. The minimum Gasteiger partial charge on any atom is -0.382 e. The van der Waals surface area contributed by atoms with Gasteiger partial charge in [0.05, 0.1) is 6.04 Å². The summed E-state index contributed by atoms with van der Waals surface area (Å²) >= 11 is 0. The van der Waals surface area contributed by atoms with E-state index in [2.05, 4.69) is 20.6 Å². The SMILES string of the molecule is O=C1N(Cc2ccccc2)C[C@H](C=CC(O)C(F)(F)c2ccccc2)N1CCCCOCc1nnn[nH]1. The number of nitrogens with one attached hydrogen (secondary N) is 1. The van der Waals surface area contributed by atoms with Gasteiger partial charge in [-0.3, -0.25) is 0 Å². The van der Waals surface area contributed by atoms with Crippen LogP contribution in [0, 0.1) is 0 Å². The van der Waals surface area contributed by atoms with Gasteiger partial charge in [-0.2, -0.15) is 8.78 Å². The zero-order valence-corrected chi connectivity index (χ0v) is 20.3. The van der Waals surface area contributed by atoms with Crippen LogP contribution < -0.4 is 0 Å². The highest BCUT2D eigenvalue weighted by Gasteiger charge is 2.40. The lowest BCUT2D eigenvalue weighted by molar-refractivity contribution is -0.0929. The van der Waals surface area contributed by atoms with Crippen LogP contribution in [0.15, 0.2) is 72.8 Å². The summed E-state index contributed by atoms with van der Waals surface area (Å²) in [5.41, 5.74) is 0.713. The van der Waals surface area contributed by atoms with Gasteiger partial charge in [-0.25, -0.2) is 9.89 Å². The van der Waals surface area contributed by atoms with Gasteiger partial charge in [0, 0.05) is 31.8 Å². The van der Waals surface area contributed by atoms with Gasteiger partial charge in [0.25, 0.3) is 0 Å². The fourth-order valence-corrected chi connectivity index (χ4v) is 4.17. The zero-order valence-electron chi connectivity index (χ0n) is 20.3. The molecule has 1 fully saturated rings. The monoisotopic (exact) mass is 512 g/mol. The third-order valence-corrected chi connectivity index (χ3v) is 6.15. The Balaban J connectivity index is 1.38. The van der Waals surface area contributed by atoms with Gasteiger partial charge in [-0.15, -0.1) is 5.10 Å². The zero-order chi connectivity index (χ0) is 26.1. The maximum absolute atomic E-state index is 14.8. The Kier molecular flexibility index (Phi) is 8.91. The van der Waals surface area contributed by atoms with Crippen LogP contribution >= 0.6 is 0 Å². The van der Waals surface area contributed by atoms with E-state index in [-0.39, 0.29) is 18.2 Å². The summed E-state index contributed by atoms with van der Waals surface area (Å²) in [5, 5.41) is 23.6. The molecule has 0 aliphatic carbocycles. The van der Waals surface area contributed by atoms with Crippen molar-refractivity contribution in [1.29, 1.82) is 0 Å². The number of H-pyrrole nitrogens is 1. The number of amides is 2. The summed E-state index contributed by atoms with van der Waals surface area (Å²) in [6.07, 6.45) is 1.94. The average molecular weight is 513 g/mol. The van der Waals surface area contributed by atoms with Crippen molar-refractivity contribution in [1.82, 2.24) is 30.4 Å². The lowest BCUT2D eigenvalue weighted by Gasteiger charge is -2.23. The first-order valence-corrected chi connectivity index (χ1v) is 12.1. The van der Waals surface area contributed by atoms with E-state index in [1.807, 2.05) is 30.3 Å². The standard InChI is InChI=1S/C26H30F2N6O3/c27-26(28,21-11-5-2-6-12-21)23(35)14-13-22-18-33(17-20-9-3-1-4-10-20)25(36)34(22)15-7-8-16-37-19-24-29-31-32-30-24/h1-6,9-14,22-23,35H,7-8,15-19H2,(H,29,30,31,32)/t22-,23?/m0/s1. The molecule has 1 unspecified atom stereocenters. The molecule has 0 saturated carbocycles. The second-order valence-electron chi connectivity index (χ2n) is 8.84. The Bertz CT molecular complexity index is 1130. The van der Waals surface area contributed by atoms with Crippen LogP contribution in [0.25, 0.3) is 0 Å². The van der Waals surface area contributed by atoms with Gasteiger partial charge >= 0.3 is 12.0 Å². The number of urea groups is 1. The smallest absolute Gasteiger partial charge is 0.320 e. The Morgan fingerprint density at radius 1 is 1.14 bits per heavy atom. The van der Waals surface area contributed by atoms with E-state index < -0.39 is 18.1 Å². The Morgan fingerprint density at radius 3 is 2.57 bits per heavy atom. The van der Waals surface area contributed by atoms with E-state index in [4.69, 9.17) is 4.74 Å². The molecule has 1 aliphatic rings. The summed E-state index contributed by atoms with van der Waals surface area (Å²) in [6.45, 7) is 1.90. The van der Waals surface area contributed by atoms with E-state index in [1.165, 1.54) is 30.3 Å². The van der Waals surface area contributed by atoms with Gasteiger partial charge < -0.3 is 19.6 Å². The molecule has 3 aromatic rings. The highest BCUT2D eigenvalue weighted by molar-refractivity contribution is 5.77. The second-order valence-corrected chi connectivity index (χ2v) is 8.84. The van der Waals surface area contributed by atoms with Crippen molar-refractivity contribution >= 4 is 6.03 Å². The molecule has 2 heterocycles. The number of carbonyl (C=O) groups is 1. The second kappa shape index (κ2) is 12.5. The minimum atomic E-state index is -3.45. The van der Waals surface area contributed by atoms with Crippen molar-refractivity contribution in [3.8, 4) is 0 Å². The van der Waals surface area contributed by atoms with Crippen LogP contribution in [-0.2, 0) is 23.8 Å². The quantitative estimate of drug-likeness (QED) is 0.268. The predicted octanol–water partition coefficient (Wildman–Crippen LogP) is 3.51. The van der Waals surface area contributed by atoms with Crippen molar-refractivity contribution in [2.24, 2.45) is 0 Å². The molecule has 2 N–H and O–H groups in total. The molecule has 4 rings (SSSR count). The molecule has 0 spiro atoms. The van der Waals surface area contributed by atoms with E-state index >= 15 is 0 Å². The molecule has 2 atom stereocenters. The van der Waals surface area contributed by atoms with Crippen LogP contribution in [0.5, 0.6) is 0 Å². The summed E-state index contributed by atoms with van der Waals surface area (Å²) < 4.78 is 35.1. The number of benzene rings is 2. The molecule has 0 bridgehead atoms. The number of aromatic nitrogens is 4. The van der Waals surface area contributed by atoms with Crippen molar-refractivity contribution in [3.63, 3.8) is 0 Å². The molecule has 9 nitrogen and oxygen atoms in total. The van der Waals surface area contributed by atoms with Crippen LogP contribution in [0.4, 0.5) is 13.6 Å². The molecule has 2 amide bonds. The lowest BCUT2D eigenvalue weighted by Crippen LogP contribution is -2.35. The molecule has 1 aromatic heterocycles. The molecule has 2 aromatic carbocycles. The first-order chi connectivity index (χ1) is 17.9. The highest BCUT2D eigenvalue weighted by atomic mass is 19.3. The average Bonchev–Trinajstić information content (AvgIpc) is 3.54. The summed E-state index contributed by atoms with van der Waals surface area (Å²) in [6, 6.07) is 16.2. The van der Waals surface area contributed by atoms with Crippen LogP contribution in [-0.4, -0.2) is 73.4 Å². The molecular weight excluding hydrogens is 482 g/mol. The number of halogens is 2. The van der Waals surface area contributed by atoms with E-state index in [0.717, 1.165) is 11.6 Å². The highest BCUT2D eigenvalue weighted by Crippen LogP contribution is 2.32. The minimum absolute atomic E-state index is 0.170. The molecule has 1 aliphatic heterocycles. The van der Waals surface area contributed by atoms with E-state index in [9.17, 15) is 18.7 Å². The largest absolute Gasteiger partial charge is 0.382 e. The van der Waals surface area contributed by atoms with Crippen LogP contribution in [0.3, 0.4) is 0 Å².